The number of carbonyl (C=O) groups is 2. The molecule has 2 fully saturated rings. The molecule has 0 N–H and O–H groups in total. The van der Waals surface area contributed by atoms with Crippen molar-refractivity contribution in [1.29, 1.82) is 0 Å². The van der Waals surface area contributed by atoms with E-state index in [1.165, 1.54) is 5.57 Å². The van der Waals surface area contributed by atoms with E-state index in [4.69, 9.17) is 4.74 Å². The summed E-state index contributed by atoms with van der Waals surface area (Å²) in [6.07, 6.45) is 6.07. The lowest BCUT2D eigenvalue weighted by Crippen LogP contribution is -2.45. The first kappa shape index (κ1) is 15.3. The Balaban J connectivity index is 1.96. The molecular weight excluding hydrogens is 288 g/mol. The summed E-state index contributed by atoms with van der Waals surface area (Å²) in [5.74, 6) is 0.748. The summed E-state index contributed by atoms with van der Waals surface area (Å²) < 4.78 is 6.88. The van der Waals surface area contributed by atoms with Crippen LogP contribution in [-0.4, -0.2) is 22.8 Å². The van der Waals surface area contributed by atoms with Crippen molar-refractivity contribution < 1.29 is 14.3 Å². The van der Waals surface area contributed by atoms with E-state index in [1.54, 1.807) is 0 Å². The highest BCUT2D eigenvalue weighted by Crippen LogP contribution is 2.68. The molecule has 2 heterocycles. The topological polar surface area (TPSA) is 43.4 Å². The lowest BCUT2D eigenvalue weighted by molar-refractivity contribution is -0.142. The first-order chi connectivity index (χ1) is 10.7. The molecule has 1 saturated heterocycles. The van der Waals surface area contributed by atoms with Crippen LogP contribution in [0.4, 0.5) is 0 Å². The van der Waals surface area contributed by atoms with Crippen molar-refractivity contribution in [3.05, 3.63) is 23.3 Å². The van der Waals surface area contributed by atoms with Crippen LogP contribution in [0.1, 0.15) is 53.9 Å². The van der Waals surface area contributed by atoms with Crippen molar-refractivity contribution in [2.75, 3.05) is 0 Å². The van der Waals surface area contributed by atoms with E-state index in [0.717, 1.165) is 12.0 Å². The minimum Gasteiger partial charge on any atom is -0.361 e. The van der Waals surface area contributed by atoms with Gasteiger partial charge < -0.3 is 4.74 Å². The lowest BCUT2D eigenvalue weighted by Gasteiger charge is -2.39. The highest BCUT2D eigenvalue weighted by molar-refractivity contribution is 6.01. The zero-order chi connectivity index (χ0) is 16.8. The van der Waals surface area contributed by atoms with Gasteiger partial charge in [0, 0.05) is 18.3 Å². The van der Waals surface area contributed by atoms with E-state index in [0.29, 0.717) is 12.8 Å². The Morgan fingerprint density at radius 2 is 2.00 bits per heavy atom. The standard InChI is InChI=1S/C20H26O3/c1-11(2)14-9-17(22)18(5)10-19-13(4)16(21)8-15(19)12(3)6-7-20(14,18)23-19/h6,9,11,13,15H,7-8,10H2,1-5H3/t13-,15-,18+,19-,20-/m0/s1. The van der Waals surface area contributed by atoms with E-state index in [1.807, 2.05) is 13.0 Å². The van der Waals surface area contributed by atoms with Crippen LogP contribution in [0.3, 0.4) is 0 Å². The highest BCUT2D eigenvalue weighted by Gasteiger charge is 2.74. The van der Waals surface area contributed by atoms with Crippen LogP contribution in [0.15, 0.2) is 23.3 Å². The molecule has 1 saturated carbocycles. The minimum atomic E-state index is -0.548. The predicted molar refractivity (Wildman–Crippen MR) is 87.9 cm³/mol. The monoisotopic (exact) mass is 314 g/mol. The normalized spacial score (nSPS) is 48.3. The summed E-state index contributed by atoms with van der Waals surface area (Å²) in [5, 5.41) is 0. The fraction of sp³-hybridized carbons (Fsp3) is 0.700. The van der Waals surface area contributed by atoms with Crippen molar-refractivity contribution in [3.8, 4) is 0 Å². The fourth-order valence-electron chi connectivity index (χ4n) is 5.82. The van der Waals surface area contributed by atoms with Crippen LogP contribution in [0.5, 0.6) is 0 Å². The molecule has 124 valence electrons. The van der Waals surface area contributed by atoms with Crippen LogP contribution in [-0.2, 0) is 14.3 Å². The van der Waals surface area contributed by atoms with Gasteiger partial charge in [0.2, 0.25) is 0 Å². The maximum absolute atomic E-state index is 12.9. The SMILES string of the molecule is CC1=CC[C@@]23O[C@@]4(C[C@]2(C)C(=O)C=C3C(C)C)[C@@H](C)C(=O)C[C@@H]14. The molecule has 0 unspecified atom stereocenters. The molecule has 0 amide bonds. The van der Waals surface area contributed by atoms with E-state index >= 15 is 0 Å². The summed E-state index contributed by atoms with van der Waals surface area (Å²) >= 11 is 0. The molecule has 2 aliphatic heterocycles. The van der Waals surface area contributed by atoms with Crippen LogP contribution < -0.4 is 0 Å². The van der Waals surface area contributed by atoms with Gasteiger partial charge in [-0.3, -0.25) is 9.59 Å². The quantitative estimate of drug-likeness (QED) is 0.694. The summed E-state index contributed by atoms with van der Waals surface area (Å²) in [5.41, 5.74) is 0.823. The van der Waals surface area contributed by atoms with Crippen LogP contribution in [0, 0.1) is 23.2 Å². The molecule has 23 heavy (non-hydrogen) atoms. The molecule has 5 atom stereocenters. The third-order valence-electron chi connectivity index (χ3n) is 7.28. The molecule has 3 nitrogen and oxygen atoms in total. The van der Waals surface area contributed by atoms with Gasteiger partial charge in [-0.25, -0.2) is 0 Å². The van der Waals surface area contributed by atoms with E-state index < -0.39 is 16.6 Å². The Morgan fingerprint density at radius 1 is 1.30 bits per heavy atom. The Hall–Kier alpha value is -1.22. The van der Waals surface area contributed by atoms with Crippen molar-refractivity contribution >= 4 is 11.6 Å². The first-order valence-corrected chi connectivity index (χ1v) is 8.84. The smallest absolute Gasteiger partial charge is 0.164 e. The molecule has 4 rings (SSSR count). The van der Waals surface area contributed by atoms with Crippen molar-refractivity contribution in [2.24, 2.45) is 23.2 Å². The number of ether oxygens (including phenoxy) is 1. The average Bonchev–Trinajstić information content (AvgIpc) is 2.92. The van der Waals surface area contributed by atoms with Crippen LogP contribution in [0.25, 0.3) is 0 Å². The summed E-state index contributed by atoms with van der Waals surface area (Å²) in [7, 11) is 0. The van der Waals surface area contributed by atoms with Crippen LogP contribution in [0.2, 0.25) is 0 Å². The number of rotatable bonds is 1. The zero-order valence-corrected chi connectivity index (χ0v) is 14.7. The molecule has 4 aliphatic rings. The van der Waals surface area contributed by atoms with E-state index in [2.05, 4.69) is 33.8 Å². The molecule has 0 aromatic carbocycles. The Morgan fingerprint density at radius 3 is 2.65 bits per heavy atom. The van der Waals surface area contributed by atoms with Gasteiger partial charge in [-0.1, -0.05) is 32.4 Å². The lowest BCUT2D eigenvalue weighted by atomic mass is 9.63. The maximum Gasteiger partial charge on any atom is 0.164 e. The van der Waals surface area contributed by atoms with Gasteiger partial charge in [-0.05, 0) is 44.3 Å². The van der Waals surface area contributed by atoms with E-state index in [-0.39, 0.29) is 29.3 Å². The van der Waals surface area contributed by atoms with Gasteiger partial charge in [0.25, 0.3) is 0 Å². The summed E-state index contributed by atoms with van der Waals surface area (Å²) in [4.78, 5) is 25.4. The molecular formula is C20H26O3. The first-order valence-electron chi connectivity index (χ1n) is 8.84. The van der Waals surface area contributed by atoms with Gasteiger partial charge >= 0.3 is 0 Å². The molecule has 2 spiro atoms. The van der Waals surface area contributed by atoms with Gasteiger partial charge in [0.15, 0.2) is 5.78 Å². The highest BCUT2D eigenvalue weighted by atomic mass is 16.5. The Bertz CT molecular complexity index is 685. The minimum absolute atomic E-state index is 0.130. The number of hydrogen-bond acceptors (Lipinski definition) is 3. The van der Waals surface area contributed by atoms with Crippen molar-refractivity contribution in [1.82, 2.24) is 0 Å². The molecule has 0 aromatic rings. The van der Waals surface area contributed by atoms with Crippen molar-refractivity contribution in [3.63, 3.8) is 0 Å². The van der Waals surface area contributed by atoms with Gasteiger partial charge in [0.1, 0.15) is 11.4 Å². The van der Waals surface area contributed by atoms with Gasteiger partial charge in [0.05, 0.1) is 11.0 Å². The summed E-state index contributed by atoms with van der Waals surface area (Å²) in [6, 6.07) is 0. The Labute approximate surface area is 138 Å². The second-order valence-electron chi connectivity index (χ2n) is 8.61. The summed E-state index contributed by atoms with van der Waals surface area (Å²) in [6.45, 7) is 10.5. The van der Waals surface area contributed by atoms with Gasteiger partial charge in [-0.15, -0.1) is 0 Å². The number of allylic oxidation sites excluding steroid dienone is 1. The number of ketones is 2. The molecule has 2 aliphatic carbocycles. The van der Waals surface area contributed by atoms with E-state index in [9.17, 15) is 9.59 Å². The molecule has 0 radical (unpaired) electrons. The molecule has 0 aromatic heterocycles. The third kappa shape index (κ3) is 1.51. The second-order valence-corrected chi connectivity index (χ2v) is 8.61. The number of carbonyl (C=O) groups excluding carboxylic acids is 2. The molecule has 3 heteroatoms. The Kier molecular flexibility index (Phi) is 2.82. The third-order valence-corrected chi connectivity index (χ3v) is 7.28. The second kappa shape index (κ2) is 4.24. The van der Waals surface area contributed by atoms with Gasteiger partial charge in [-0.2, -0.15) is 0 Å². The van der Waals surface area contributed by atoms with Crippen LogP contribution >= 0.6 is 0 Å². The zero-order valence-electron chi connectivity index (χ0n) is 14.7. The largest absolute Gasteiger partial charge is 0.361 e. The molecule has 2 bridgehead atoms. The maximum atomic E-state index is 12.9. The number of Topliss-reactive ketones (excluding diaryl/α,β-unsaturated/α-hetero) is 1. The fourth-order valence-corrected chi connectivity index (χ4v) is 5.82. The number of hydrogen-bond donors (Lipinski definition) is 0. The average molecular weight is 314 g/mol. The van der Waals surface area contributed by atoms with Crippen molar-refractivity contribution in [2.45, 2.75) is 65.1 Å². The predicted octanol–water partition coefficient (Wildman–Crippen LogP) is 3.63.